The second kappa shape index (κ2) is 6.48. The predicted octanol–water partition coefficient (Wildman–Crippen LogP) is 3.07. The number of nitrogens with zero attached hydrogens (tertiary/aromatic N) is 2. The molecule has 0 saturated carbocycles. The first kappa shape index (κ1) is 16.1. The lowest BCUT2D eigenvalue weighted by Gasteiger charge is -2.32. The minimum atomic E-state index is -0.171. The Morgan fingerprint density at radius 1 is 1.00 bits per heavy atom. The number of imide groups is 1. The summed E-state index contributed by atoms with van der Waals surface area (Å²) < 4.78 is 5.44. The van der Waals surface area contributed by atoms with Crippen molar-refractivity contribution >= 4 is 28.3 Å². The van der Waals surface area contributed by atoms with Gasteiger partial charge in [-0.05, 0) is 24.6 Å². The van der Waals surface area contributed by atoms with E-state index in [0.29, 0.717) is 30.9 Å². The number of ether oxygens (including phenoxy) is 1. The van der Waals surface area contributed by atoms with Gasteiger partial charge in [0.05, 0.1) is 13.2 Å². The Morgan fingerprint density at radius 2 is 1.72 bits per heavy atom. The molecule has 2 aliphatic heterocycles. The Hall–Kier alpha value is -2.40. The molecule has 0 N–H and O–H groups in total. The Morgan fingerprint density at radius 3 is 2.44 bits per heavy atom. The summed E-state index contributed by atoms with van der Waals surface area (Å²) in [5, 5.41) is 1.78. The van der Waals surface area contributed by atoms with Crippen molar-refractivity contribution in [2.75, 3.05) is 37.7 Å². The molecule has 0 bridgehead atoms. The summed E-state index contributed by atoms with van der Waals surface area (Å²) >= 11 is 0. The van der Waals surface area contributed by atoms with Crippen LogP contribution in [0.15, 0.2) is 30.3 Å². The smallest absolute Gasteiger partial charge is 0.261 e. The second-order valence-electron chi connectivity index (χ2n) is 6.58. The molecule has 0 aliphatic carbocycles. The molecule has 0 spiro atoms. The monoisotopic (exact) mass is 338 g/mol. The fourth-order valence-electron chi connectivity index (χ4n) is 3.73. The van der Waals surface area contributed by atoms with Crippen molar-refractivity contribution in [3.8, 4) is 0 Å². The maximum atomic E-state index is 12.9. The van der Waals surface area contributed by atoms with Gasteiger partial charge >= 0.3 is 0 Å². The molecule has 2 aromatic carbocycles. The molecule has 2 aliphatic rings. The second-order valence-corrected chi connectivity index (χ2v) is 6.58. The highest BCUT2D eigenvalue weighted by Gasteiger charge is 2.33. The van der Waals surface area contributed by atoms with Crippen LogP contribution in [0.3, 0.4) is 0 Å². The number of carbonyl (C=O) groups excluding carboxylic acids is 2. The third-order valence-electron chi connectivity index (χ3n) is 5.06. The first-order chi connectivity index (χ1) is 12.2. The van der Waals surface area contributed by atoms with Crippen LogP contribution >= 0.6 is 0 Å². The van der Waals surface area contributed by atoms with Gasteiger partial charge in [-0.3, -0.25) is 14.5 Å². The van der Waals surface area contributed by atoms with E-state index in [0.717, 1.165) is 42.4 Å². The molecular weight excluding hydrogens is 316 g/mol. The van der Waals surface area contributed by atoms with Crippen molar-refractivity contribution in [3.63, 3.8) is 0 Å². The summed E-state index contributed by atoms with van der Waals surface area (Å²) in [5.74, 6) is -0.341. The third kappa shape index (κ3) is 2.59. The van der Waals surface area contributed by atoms with Crippen LogP contribution in [-0.4, -0.2) is 49.6 Å². The standard InChI is InChI=1S/C20H22N2O3/c1-2-3-9-22-19(23)15-6-4-5-14-17(21-10-12-25-13-11-21)8-7-16(18(14)15)20(22)24/h4-8H,2-3,9-13H2,1H3. The summed E-state index contributed by atoms with van der Waals surface area (Å²) in [7, 11) is 0. The van der Waals surface area contributed by atoms with E-state index in [4.69, 9.17) is 4.74 Å². The van der Waals surface area contributed by atoms with Crippen molar-refractivity contribution in [2.24, 2.45) is 0 Å². The number of amides is 2. The maximum Gasteiger partial charge on any atom is 0.261 e. The van der Waals surface area contributed by atoms with Crippen LogP contribution in [0.2, 0.25) is 0 Å². The zero-order chi connectivity index (χ0) is 17.4. The van der Waals surface area contributed by atoms with Crippen LogP contribution in [0, 0.1) is 0 Å². The van der Waals surface area contributed by atoms with Gasteiger partial charge in [0.1, 0.15) is 0 Å². The van der Waals surface area contributed by atoms with E-state index in [-0.39, 0.29) is 11.8 Å². The van der Waals surface area contributed by atoms with Gasteiger partial charge in [-0.15, -0.1) is 0 Å². The van der Waals surface area contributed by atoms with Gasteiger partial charge in [0.2, 0.25) is 0 Å². The van der Waals surface area contributed by atoms with Crippen molar-refractivity contribution in [1.29, 1.82) is 0 Å². The Kier molecular flexibility index (Phi) is 4.17. The first-order valence-corrected chi connectivity index (χ1v) is 8.97. The number of hydrogen-bond donors (Lipinski definition) is 0. The van der Waals surface area contributed by atoms with E-state index in [9.17, 15) is 9.59 Å². The number of rotatable bonds is 4. The molecule has 1 fully saturated rings. The third-order valence-corrected chi connectivity index (χ3v) is 5.06. The summed E-state index contributed by atoms with van der Waals surface area (Å²) in [6, 6.07) is 9.65. The highest BCUT2D eigenvalue weighted by molar-refractivity contribution is 6.26. The highest BCUT2D eigenvalue weighted by Crippen LogP contribution is 2.36. The Balaban J connectivity index is 1.85. The van der Waals surface area contributed by atoms with Crippen LogP contribution in [0.5, 0.6) is 0 Å². The molecule has 0 radical (unpaired) electrons. The van der Waals surface area contributed by atoms with Crippen LogP contribution in [0.4, 0.5) is 5.69 Å². The molecule has 0 aromatic heterocycles. The summed E-state index contributed by atoms with van der Waals surface area (Å²) in [4.78, 5) is 29.4. The van der Waals surface area contributed by atoms with Crippen molar-refractivity contribution < 1.29 is 14.3 Å². The lowest BCUT2D eigenvalue weighted by atomic mass is 9.92. The SMILES string of the molecule is CCCCN1C(=O)c2cccc3c(N4CCOCC4)ccc(c23)C1=O. The molecule has 25 heavy (non-hydrogen) atoms. The molecular formula is C20H22N2O3. The zero-order valence-electron chi connectivity index (χ0n) is 14.5. The van der Waals surface area contributed by atoms with E-state index >= 15 is 0 Å². The van der Waals surface area contributed by atoms with Crippen molar-refractivity contribution in [2.45, 2.75) is 19.8 Å². The summed E-state index contributed by atoms with van der Waals surface area (Å²) in [6.07, 6.45) is 1.78. The quantitative estimate of drug-likeness (QED) is 0.804. The van der Waals surface area contributed by atoms with Crippen LogP contribution in [0.1, 0.15) is 40.5 Å². The van der Waals surface area contributed by atoms with Gasteiger partial charge in [-0.1, -0.05) is 25.5 Å². The summed E-state index contributed by atoms with van der Waals surface area (Å²) in [5.41, 5.74) is 2.35. The fourth-order valence-corrected chi connectivity index (χ4v) is 3.73. The van der Waals surface area contributed by atoms with Gasteiger partial charge in [-0.2, -0.15) is 0 Å². The van der Waals surface area contributed by atoms with Gasteiger partial charge < -0.3 is 9.64 Å². The van der Waals surface area contributed by atoms with Crippen LogP contribution in [0.25, 0.3) is 10.8 Å². The van der Waals surface area contributed by atoms with Crippen LogP contribution < -0.4 is 4.90 Å². The number of benzene rings is 2. The maximum absolute atomic E-state index is 12.9. The number of hydrogen-bond acceptors (Lipinski definition) is 4. The molecule has 4 rings (SSSR count). The predicted molar refractivity (Wildman–Crippen MR) is 97.3 cm³/mol. The number of anilines is 1. The topological polar surface area (TPSA) is 49.9 Å². The van der Waals surface area contributed by atoms with E-state index in [1.807, 2.05) is 30.3 Å². The molecule has 0 unspecified atom stereocenters. The zero-order valence-corrected chi connectivity index (χ0v) is 14.5. The largest absolute Gasteiger partial charge is 0.378 e. The molecule has 2 aromatic rings. The normalized spacial score (nSPS) is 17.5. The molecule has 5 heteroatoms. The molecule has 0 atom stereocenters. The number of morpholine rings is 1. The average molecular weight is 338 g/mol. The van der Waals surface area contributed by atoms with Gasteiger partial charge in [0.25, 0.3) is 11.8 Å². The molecule has 1 saturated heterocycles. The summed E-state index contributed by atoms with van der Waals surface area (Å²) in [6.45, 7) is 5.58. The highest BCUT2D eigenvalue weighted by atomic mass is 16.5. The minimum Gasteiger partial charge on any atom is -0.378 e. The Labute approximate surface area is 147 Å². The van der Waals surface area contributed by atoms with Crippen LogP contribution in [-0.2, 0) is 4.74 Å². The first-order valence-electron chi connectivity index (χ1n) is 8.97. The molecule has 2 amide bonds. The average Bonchev–Trinajstić information content (AvgIpc) is 2.66. The lowest BCUT2D eigenvalue weighted by molar-refractivity contribution is 0.0608. The van der Waals surface area contributed by atoms with Crippen molar-refractivity contribution in [3.05, 3.63) is 41.5 Å². The van der Waals surface area contributed by atoms with E-state index < -0.39 is 0 Å². The molecule has 130 valence electrons. The number of unbranched alkanes of at least 4 members (excludes halogenated alkanes) is 1. The van der Waals surface area contributed by atoms with Gasteiger partial charge in [-0.25, -0.2) is 0 Å². The van der Waals surface area contributed by atoms with E-state index in [1.165, 1.54) is 4.90 Å². The Bertz CT molecular complexity index is 818. The number of carbonyl (C=O) groups is 2. The van der Waals surface area contributed by atoms with Gasteiger partial charge in [0, 0.05) is 47.2 Å². The van der Waals surface area contributed by atoms with E-state index in [2.05, 4.69) is 11.8 Å². The minimum absolute atomic E-state index is 0.171. The van der Waals surface area contributed by atoms with Crippen molar-refractivity contribution in [1.82, 2.24) is 4.90 Å². The lowest BCUT2D eigenvalue weighted by Crippen LogP contribution is -2.41. The molecule has 5 nitrogen and oxygen atoms in total. The molecule has 2 heterocycles. The fraction of sp³-hybridized carbons (Fsp3) is 0.400. The van der Waals surface area contributed by atoms with E-state index in [1.54, 1.807) is 0 Å². The van der Waals surface area contributed by atoms with Gasteiger partial charge in [0.15, 0.2) is 0 Å².